The number of para-hydroxylation sites is 1. The van der Waals surface area contributed by atoms with Gasteiger partial charge in [0.05, 0.1) is 17.4 Å². The molecule has 0 bridgehead atoms. The van der Waals surface area contributed by atoms with Crippen LogP contribution >= 0.6 is 12.2 Å². The molecule has 2 amide bonds. The van der Waals surface area contributed by atoms with Crippen LogP contribution in [0.4, 0.5) is 5.69 Å². The molecule has 7 heteroatoms. The molecule has 0 aromatic heterocycles. The molecular weight excluding hydrogens is 350 g/mol. The molecule has 0 aliphatic rings. The molecule has 1 atom stereocenters. The van der Waals surface area contributed by atoms with E-state index in [1.807, 2.05) is 13.8 Å². The lowest BCUT2D eigenvalue weighted by molar-refractivity contribution is 0.0975. The van der Waals surface area contributed by atoms with Crippen molar-refractivity contribution in [2.45, 2.75) is 26.4 Å². The van der Waals surface area contributed by atoms with Crippen molar-refractivity contribution in [1.29, 1.82) is 0 Å². The number of thiocarbonyl (C=S) groups is 1. The summed E-state index contributed by atoms with van der Waals surface area (Å²) in [5, 5.41) is 5.46. The molecule has 0 saturated heterocycles. The zero-order chi connectivity index (χ0) is 19.1. The van der Waals surface area contributed by atoms with Gasteiger partial charge in [-0.3, -0.25) is 14.9 Å². The minimum atomic E-state index is -0.584. The lowest BCUT2D eigenvalue weighted by atomic mass is 10.1. The zero-order valence-electron chi connectivity index (χ0n) is 14.6. The molecule has 0 fully saturated rings. The summed E-state index contributed by atoms with van der Waals surface area (Å²) in [6.07, 6.45) is 1.01. The van der Waals surface area contributed by atoms with E-state index in [9.17, 15) is 9.59 Å². The maximum Gasteiger partial charge on any atom is 0.257 e. The monoisotopic (exact) mass is 371 g/mol. The Morgan fingerprint density at radius 2 is 1.81 bits per heavy atom. The van der Waals surface area contributed by atoms with Gasteiger partial charge in [0.2, 0.25) is 0 Å². The van der Waals surface area contributed by atoms with Gasteiger partial charge in [-0.25, -0.2) is 0 Å². The van der Waals surface area contributed by atoms with Crippen LogP contribution in [0, 0.1) is 0 Å². The molecule has 1 unspecified atom stereocenters. The highest BCUT2D eigenvalue weighted by Gasteiger charge is 2.12. The van der Waals surface area contributed by atoms with Crippen molar-refractivity contribution in [3.05, 3.63) is 59.7 Å². The summed E-state index contributed by atoms with van der Waals surface area (Å²) in [7, 11) is 0. The highest BCUT2D eigenvalue weighted by molar-refractivity contribution is 7.80. The summed E-state index contributed by atoms with van der Waals surface area (Å²) in [5.41, 5.74) is 6.48. The summed E-state index contributed by atoms with van der Waals surface area (Å²) in [6, 6.07) is 13.4. The third-order valence-corrected chi connectivity index (χ3v) is 3.90. The van der Waals surface area contributed by atoms with E-state index in [2.05, 4.69) is 10.6 Å². The summed E-state index contributed by atoms with van der Waals surface area (Å²) >= 11 is 5.14. The molecule has 2 rings (SSSR count). The van der Waals surface area contributed by atoms with E-state index in [1.54, 1.807) is 48.5 Å². The number of amides is 2. The molecule has 0 saturated carbocycles. The lowest BCUT2D eigenvalue weighted by Crippen LogP contribution is -2.34. The third-order valence-electron chi connectivity index (χ3n) is 3.70. The van der Waals surface area contributed by atoms with Crippen LogP contribution in [0.15, 0.2) is 48.5 Å². The van der Waals surface area contributed by atoms with Crippen molar-refractivity contribution in [3.63, 3.8) is 0 Å². The number of hydrogen-bond acceptors (Lipinski definition) is 4. The Balaban J connectivity index is 1.99. The van der Waals surface area contributed by atoms with E-state index in [0.29, 0.717) is 17.0 Å². The first kappa shape index (κ1) is 19.4. The van der Waals surface area contributed by atoms with Gasteiger partial charge in [0.15, 0.2) is 5.11 Å². The topological polar surface area (TPSA) is 93.4 Å². The van der Waals surface area contributed by atoms with E-state index in [-0.39, 0.29) is 22.7 Å². The van der Waals surface area contributed by atoms with Crippen LogP contribution in [0.1, 0.15) is 41.0 Å². The van der Waals surface area contributed by atoms with Gasteiger partial charge in [0.1, 0.15) is 5.75 Å². The highest BCUT2D eigenvalue weighted by atomic mass is 32.1. The standard InChI is InChI=1S/C19H21N3O3S/c1-3-12(2)25-14-10-8-13(9-11-14)18(24)22-19(26)21-16-7-5-4-6-15(16)17(20)23/h4-12H,3H2,1-2H3,(H2,20,23)(H2,21,22,24,26). The van der Waals surface area contributed by atoms with Crippen molar-refractivity contribution in [2.75, 3.05) is 5.32 Å². The molecule has 0 radical (unpaired) electrons. The van der Waals surface area contributed by atoms with Crippen molar-refractivity contribution in [1.82, 2.24) is 5.32 Å². The molecule has 0 aliphatic carbocycles. The van der Waals surface area contributed by atoms with Crippen LogP contribution < -0.4 is 21.1 Å². The van der Waals surface area contributed by atoms with E-state index >= 15 is 0 Å². The molecule has 0 aliphatic heterocycles. The number of ether oxygens (including phenoxy) is 1. The van der Waals surface area contributed by atoms with E-state index in [0.717, 1.165) is 6.42 Å². The van der Waals surface area contributed by atoms with Crippen molar-refractivity contribution in [2.24, 2.45) is 5.73 Å². The van der Waals surface area contributed by atoms with Gasteiger partial charge in [-0.15, -0.1) is 0 Å². The molecule has 2 aromatic carbocycles. The Morgan fingerprint density at radius 1 is 1.15 bits per heavy atom. The number of anilines is 1. The Kier molecular flexibility index (Phi) is 6.68. The maximum atomic E-state index is 12.3. The first-order chi connectivity index (χ1) is 12.4. The first-order valence-electron chi connectivity index (χ1n) is 8.18. The summed E-state index contributed by atoms with van der Waals surface area (Å²) in [6.45, 7) is 4.02. The number of nitrogens with one attached hydrogen (secondary N) is 2. The third kappa shape index (κ3) is 5.29. The summed E-state index contributed by atoms with van der Waals surface area (Å²) in [4.78, 5) is 23.7. The quantitative estimate of drug-likeness (QED) is 0.679. The SMILES string of the molecule is CCC(C)Oc1ccc(C(=O)NC(=S)Nc2ccccc2C(N)=O)cc1. The molecule has 26 heavy (non-hydrogen) atoms. The first-order valence-corrected chi connectivity index (χ1v) is 8.59. The van der Waals surface area contributed by atoms with Crippen LogP contribution in [0.5, 0.6) is 5.75 Å². The van der Waals surface area contributed by atoms with Gasteiger partial charge in [0.25, 0.3) is 11.8 Å². The number of nitrogens with two attached hydrogens (primary N) is 1. The normalized spacial score (nSPS) is 11.3. The van der Waals surface area contributed by atoms with Gasteiger partial charge in [-0.05, 0) is 62.0 Å². The average Bonchev–Trinajstić information content (AvgIpc) is 2.62. The summed E-state index contributed by atoms with van der Waals surface area (Å²) in [5.74, 6) is -0.250. The van der Waals surface area contributed by atoms with E-state index in [4.69, 9.17) is 22.7 Å². The number of carbonyl (C=O) groups is 2. The fourth-order valence-electron chi connectivity index (χ4n) is 2.14. The molecule has 0 spiro atoms. The van der Waals surface area contributed by atoms with Crippen molar-refractivity contribution in [3.8, 4) is 5.75 Å². The molecular formula is C19H21N3O3S. The predicted molar refractivity (Wildman–Crippen MR) is 105 cm³/mol. The van der Waals surface area contributed by atoms with E-state index in [1.165, 1.54) is 0 Å². The molecule has 4 N–H and O–H groups in total. The van der Waals surface area contributed by atoms with Gasteiger partial charge >= 0.3 is 0 Å². The number of primary amides is 1. The second-order valence-electron chi connectivity index (χ2n) is 5.68. The predicted octanol–water partition coefficient (Wildman–Crippen LogP) is 3.09. The minimum Gasteiger partial charge on any atom is -0.491 e. The van der Waals surface area contributed by atoms with Crippen LogP contribution in [0.2, 0.25) is 0 Å². The van der Waals surface area contributed by atoms with Crippen LogP contribution in [-0.2, 0) is 0 Å². The van der Waals surface area contributed by atoms with Crippen LogP contribution in [0.25, 0.3) is 0 Å². The zero-order valence-corrected chi connectivity index (χ0v) is 15.4. The fraction of sp³-hybridized carbons (Fsp3) is 0.211. The van der Waals surface area contributed by atoms with Crippen LogP contribution in [0.3, 0.4) is 0 Å². The molecule has 6 nitrogen and oxygen atoms in total. The average molecular weight is 371 g/mol. The van der Waals surface area contributed by atoms with Gasteiger partial charge < -0.3 is 15.8 Å². The molecule has 2 aromatic rings. The smallest absolute Gasteiger partial charge is 0.257 e. The number of carbonyl (C=O) groups excluding carboxylic acids is 2. The molecule has 0 heterocycles. The summed E-state index contributed by atoms with van der Waals surface area (Å²) < 4.78 is 5.68. The largest absolute Gasteiger partial charge is 0.491 e. The lowest BCUT2D eigenvalue weighted by Gasteiger charge is -2.13. The second kappa shape index (κ2) is 8.96. The van der Waals surface area contributed by atoms with Crippen molar-refractivity contribution < 1.29 is 14.3 Å². The van der Waals surface area contributed by atoms with Gasteiger partial charge in [0, 0.05) is 5.56 Å². The Morgan fingerprint density at radius 3 is 2.42 bits per heavy atom. The fourth-order valence-corrected chi connectivity index (χ4v) is 2.34. The number of benzene rings is 2. The Bertz CT molecular complexity index is 806. The Hall–Kier alpha value is -2.93. The second-order valence-corrected chi connectivity index (χ2v) is 6.09. The van der Waals surface area contributed by atoms with Crippen LogP contribution in [-0.4, -0.2) is 23.0 Å². The number of hydrogen-bond donors (Lipinski definition) is 3. The van der Waals surface area contributed by atoms with E-state index < -0.39 is 5.91 Å². The molecule has 136 valence electrons. The maximum absolute atomic E-state index is 12.3. The van der Waals surface area contributed by atoms with Gasteiger partial charge in [-0.1, -0.05) is 19.1 Å². The Labute approximate surface area is 157 Å². The number of rotatable bonds is 6. The van der Waals surface area contributed by atoms with Gasteiger partial charge in [-0.2, -0.15) is 0 Å². The highest BCUT2D eigenvalue weighted by Crippen LogP contribution is 2.16. The minimum absolute atomic E-state index is 0.0728. The van der Waals surface area contributed by atoms with Crippen molar-refractivity contribution >= 4 is 34.8 Å².